The second-order valence-corrected chi connectivity index (χ2v) is 5.79. The van der Waals surface area contributed by atoms with Crippen LogP contribution in [0.15, 0.2) is 0 Å². The van der Waals surface area contributed by atoms with E-state index in [2.05, 4.69) is 19.2 Å². The molecule has 0 heterocycles. The lowest BCUT2D eigenvalue weighted by molar-refractivity contribution is -0.1000. The lowest BCUT2D eigenvalue weighted by Gasteiger charge is -2.47. The van der Waals surface area contributed by atoms with Gasteiger partial charge in [0, 0.05) is 13.2 Å². The second-order valence-electron chi connectivity index (χ2n) is 5.79. The molecule has 2 heteroatoms. The smallest absolute Gasteiger partial charge is 0.0831 e. The molecule has 1 aliphatic carbocycles. The number of unbranched alkanes of at least 4 members (excludes halogenated alkanes) is 5. The van der Waals surface area contributed by atoms with Crippen LogP contribution in [-0.2, 0) is 4.74 Å². The predicted octanol–water partition coefficient (Wildman–Crippen LogP) is 4.28. The molecule has 1 saturated carbocycles. The van der Waals surface area contributed by atoms with Crippen LogP contribution in [0.4, 0.5) is 0 Å². The molecule has 0 radical (unpaired) electrons. The first-order valence-corrected chi connectivity index (χ1v) is 8.07. The fraction of sp³-hybridized carbons (Fsp3) is 1.00. The van der Waals surface area contributed by atoms with Crippen LogP contribution in [0.25, 0.3) is 0 Å². The Morgan fingerprint density at radius 3 is 2.22 bits per heavy atom. The fourth-order valence-electron chi connectivity index (χ4n) is 3.15. The van der Waals surface area contributed by atoms with Crippen LogP contribution in [0.2, 0.25) is 0 Å². The van der Waals surface area contributed by atoms with Crippen LogP contribution < -0.4 is 5.32 Å². The van der Waals surface area contributed by atoms with E-state index in [1.165, 1.54) is 64.2 Å². The minimum atomic E-state index is 0.166. The van der Waals surface area contributed by atoms with Gasteiger partial charge in [-0.25, -0.2) is 0 Å². The van der Waals surface area contributed by atoms with Crippen LogP contribution in [0.1, 0.15) is 78.1 Å². The van der Waals surface area contributed by atoms with E-state index in [9.17, 15) is 0 Å². The minimum absolute atomic E-state index is 0.166. The van der Waals surface area contributed by atoms with Crippen molar-refractivity contribution >= 4 is 0 Å². The summed E-state index contributed by atoms with van der Waals surface area (Å²) in [5, 5.41) is 3.65. The van der Waals surface area contributed by atoms with Gasteiger partial charge >= 0.3 is 0 Å². The molecule has 0 spiro atoms. The van der Waals surface area contributed by atoms with E-state index in [0.29, 0.717) is 6.04 Å². The van der Waals surface area contributed by atoms with Crippen LogP contribution in [0.3, 0.4) is 0 Å². The van der Waals surface area contributed by atoms with E-state index in [0.717, 1.165) is 6.54 Å². The van der Waals surface area contributed by atoms with Crippen molar-refractivity contribution in [3.05, 3.63) is 0 Å². The van der Waals surface area contributed by atoms with Gasteiger partial charge in [-0.05, 0) is 32.2 Å². The highest BCUT2D eigenvalue weighted by Gasteiger charge is 2.43. The molecule has 0 aromatic carbocycles. The van der Waals surface area contributed by atoms with Crippen molar-refractivity contribution in [1.82, 2.24) is 5.32 Å². The molecule has 0 aromatic rings. The Bertz CT molecular complexity index is 196. The molecule has 2 nitrogen and oxygen atoms in total. The van der Waals surface area contributed by atoms with Crippen molar-refractivity contribution in [2.45, 2.75) is 89.7 Å². The number of ether oxygens (including phenoxy) is 1. The van der Waals surface area contributed by atoms with E-state index in [-0.39, 0.29) is 5.60 Å². The summed E-state index contributed by atoms with van der Waals surface area (Å²) in [7, 11) is 1.89. The minimum Gasteiger partial charge on any atom is -0.377 e. The predicted molar refractivity (Wildman–Crippen MR) is 79.0 cm³/mol. The van der Waals surface area contributed by atoms with Crippen LogP contribution in [0, 0.1) is 0 Å². The van der Waals surface area contributed by atoms with E-state index in [1.54, 1.807) is 0 Å². The maximum atomic E-state index is 5.82. The summed E-state index contributed by atoms with van der Waals surface area (Å²) in [6.07, 6.45) is 13.4. The van der Waals surface area contributed by atoms with Crippen LogP contribution in [0.5, 0.6) is 0 Å². The zero-order chi connectivity index (χ0) is 13.3. The molecule has 1 unspecified atom stereocenters. The number of likely N-dealkylation sites (N-methyl/N-ethyl adjacent to an activating group) is 1. The van der Waals surface area contributed by atoms with Gasteiger partial charge in [0.05, 0.1) is 5.60 Å². The number of nitrogens with one attached hydrogen (secondary N) is 1. The van der Waals surface area contributed by atoms with Crippen molar-refractivity contribution in [2.75, 3.05) is 13.7 Å². The topological polar surface area (TPSA) is 21.3 Å². The maximum Gasteiger partial charge on any atom is 0.0831 e. The molecule has 1 rings (SSSR count). The fourth-order valence-corrected chi connectivity index (χ4v) is 3.15. The largest absolute Gasteiger partial charge is 0.377 e. The summed E-state index contributed by atoms with van der Waals surface area (Å²) in [5.74, 6) is 0. The summed E-state index contributed by atoms with van der Waals surface area (Å²) in [5.41, 5.74) is 0.166. The Labute approximate surface area is 114 Å². The Morgan fingerprint density at radius 2 is 1.72 bits per heavy atom. The summed E-state index contributed by atoms with van der Waals surface area (Å²) >= 11 is 0. The van der Waals surface area contributed by atoms with E-state index in [1.807, 2.05) is 7.11 Å². The lowest BCUT2D eigenvalue weighted by atomic mass is 9.73. The van der Waals surface area contributed by atoms with Gasteiger partial charge in [0.25, 0.3) is 0 Å². The Morgan fingerprint density at radius 1 is 1.06 bits per heavy atom. The summed E-state index contributed by atoms with van der Waals surface area (Å²) in [4.78, 5) is 0. The van der Waals surface area contributed by atoms with Gasteiger partial charge < -0.3 is 10.1 Å². The van der Waals surface area contributed by atoms with Crippen LogP contribution in [-0.4, -0.2) is 25.3 Å². The number of hydrogen-bond acceptors (Lipinski definition) is 2. The lowest BCUT2D eigenvalue weighted by Crippen LogP contribution is -2.56. The third-order valence-corrected chi connectivity index (χ3v) is 4.54. The molecule has 18 heavy (non-hydrogen) atoms. The SMILES string of the molecule is CCCCCCCCC(NCC)C1(OC)CCC1. The molecule has 1 atom stereocenters. The average Bonchev–Trinajstić information content (AvgIpc) is 2.33. The van der Waals surface area contributed by atoms with Gasteiger partial charge in [-0.2, -0.15) is 0 Å². The first-order valence-electron chi connectivity index (χ1n) is 8.07. The highest BCUT2D eigenvalue weighted by molar-refractivity contribution is 4.99. The molecule has 0 amide bonds. The van der Waals surface area contributed by atoms with E-state index in [4.69, 9.17) is 4.74 Å². The third kappa shape index (κ3) is 4.55. The summed E-state index contributed by atoms with van der Waals surface area (Å²) in [6.45, 7) is 5.54. The molecular formula is C16H33NO. The van der Waals surface area contributed by atoms with Crippen molar-refractivity contribution in [1.29, 1.82) is 0 Å². The third-order valence-electron chi connectivity index (χ3n) is 4.54. The number of rotatable bonds is 11. The first kappa shape index (κ1) is 16.0. The molecule has 108 valence electrons. The first-order chi connectivity index (χ1) is 8.79. The number of hydrogen-bond donors (Lipinski definition) is 1. The molecule has 1 N–H and O–H groups in total. The highest BCUT2D eigenvalue weighted by Crippen LogP contribution is 2.39. The van der Waals surface area contributed by atoms with Crippen LogP contribution >= 0.6 is 0 Å². The quantitative estimate of drug-likeness (QED) is 0.556. The molecule has 1 fully saturated rings. The molecule has 0 aromatic heterocycles. The Hall–Kier alpha value is -0.0800. The molecule has 0 bridgehead atoms. The monoisotopic (exact) mass is 255 g/mol. The standard InChI is InChI=1S/C16H33NO/c1-4-6-7-8-9-10-12-15(17-5-2)16(18-3)13-11-14-16/h15,17H,4-14H2,1-3H3. The maximum absolute atomic E-state index is 5.82. The van der Waals surface area contributed by atoms with Crippen molar-refractivity contribution in [3.63, 3.8) is 0 Å². The Balaban J connectivity index is 2.21. The van der Waals surface area contributed by atoms with Crippen molar-refractivity contribution in [3.8, 4) is 0 Å². The van der Waals surface area contributed by atoms with E-state index >= 15 is 0 Å². The van der Waals surface area contributed by atoms with Gasteiger partial charge in [-0.3, -0.25) is 0 Å². The zero-order valence-electron chi connectivity index (χ0n) is 12.8. The van der Waals surface area contributed by atoms with Gasteiger partial charge in [0.2, 0.25) is 0 Å². The second kappa shape index (κ2) is 8.92. The number of methoxy groups -OCH3 is 1. The van der Waals surface area contributed by atoms with Gasteiger partial charge in [-0.1, -0.05) is 52.4 Å². The van der Waals surface area contributed by atoms with Gasteiger partial charge in [-0.15, -0.1) is 0 Å². The summed E-state index contributed by atoms with van der Waals surface area (Å²) in [6, 6.07) is 0.576. The zero-order valence-corrected chi connectivity index (χ0v) is 12.8. The van der Waals surface area contributed by atoms with Crippen molar-refractivity contribution < 1.29 is 4.74 Å². The Kier molecular flexibility index (Phi) is 7.92. The van der Waals surface area contributed by atoms with Crippen molar-refractivity contribution in [2.24, 2.45) is 0 Å². The average molecular weight is 255 g/mol. The van der Waals surface area contributed by atoms with Gasteiger partial charge in [0.1, 0.15) is 0 Å². The highest BCUT2D eigenvalue weighted by atomic mass is 16.5. The molecule has 1 aliphatic rings. The normalized spacial score (nSPS) is 19.5. The van der Waals surface area contributed by atoms with E-state index < -0.39 is 0 Å². The summed E-state index contributed by atoms with van der Waals surface area (Å²) < 4.78 is 5.82. The van der Waals surface area contributed by atoms with Gasteiger partial charge in [0.15, 0.2) is 0 Å². The molecule has 0 saturated heterocycles. The molecular weight excluding hydrogens is 222 g/mol. The molecule has 0 aliphatic heterocycles.